The summed E-state index contributed by atoms with van der Waals surface area (Å²) in [6, 6.07) is 8.38. The lowest BCUT2D eigenvalue weighted by Crippen LogP contribution is -2.16. The lowest BCUT2D eigenvalue weighted by molar-refractivity contribution is -0.140. The van der Waals surface area contributed by atoms with Gasteiger partial charge in [0.15, 0.2) is 0 Å². The van der Waals surface area contributed by atoms with Crippen LogP contribution >= 0.6 is 22.6 Å². The van der Waals surface area contributed by atoms with Crippen molar-refractivity contribution in [2.24, 2.45) is 26.8 Å². The smallest absolute Gasteiger partial charge is 0.305 e. The van der Waals surface area contributed by atoms with Gasteiger partial charge in [-0.2, -0.15) is 0 Å². The molecule has 5 heterocycles. The number of benzene rings is 1. The number of aliphatic hydroxyl groups excluding tert-OH is 1. The summed E-state index contributed by atoms with van der Waals surface area (Å²) in [5, 5.41) is 15.1. The number of aliphatic imine (C=N–C) groups is 3. The van der Waals surface area contributed by atoms with Gasteiger partial charge in [0.2, 0.25) is 0 Å². The largest absolute Gasteiger partial charge is 0.511 e. The zero-order valence-corrected chi connectivity index (χ0v) is 31.9. The maximum atomic E-state index is 12.4. The van der Waals surface area contributed by atoms with Crippen LogP contribution in [0.15, 0.2) is 131 Å². The van der Waals surface area contributed by atoms with E-state index in [1.54, 1.807) is 0 Å². The van der Waals surface area contributed by atoms with Gasteiger partial charge in [0.05, 0.1) is 54.0 Å². The molecule has 258 valence electrons. The summed E-state index contributed by atoms with van der Waals surface area (Å²) >= 11 is 2.33. The third kappa shape index (κ3) is 6.02. The first kappa shape index (κ1) is 34.4. The number of methoxy groups -OCH3 is 1. The van der Waals surface area contributed by atoms with Gasteiger partial charge in [-0.1, -0.05) is 26.0 Å². The van der Waals surface area contributed by atoms with Crippen LogP contribution in [0.4, 0.5) is 0 Å². The van der Waals surface area contributed by atoms with Crippen LogP contribution in [0.5, 0.6) is 0 Å². The van der Waals surface area contributed by atoms with Crippen LogP contribution < -0.4 is 5.32 Å². The average molecular weight is 780 g/mol. The lowest BCUT2D eigenvalue weighted by atomic mass is 9.86. The lowest BCUT2D eigenvalue weighted by Gasteiger charge is -2.17. The predicted octanol–water partition coefficient (Wildman–Crippen LogP) is 8.82. The molecule has 8 nitrogen and oxygen atoms in total. The van der Waals surface area contributed by atoms with Crippen LogP contribution in [0.2, 0.25) is 0 Å². The number of fused-ring (bicyclic) bond motifs is 5. The molecule has 6 aliphatic rings. The zero-order valence-electron chi connectivity index (χ0n) is 29.7. The highest BCUT2D eigenvalue weighted by Gasteiger charge is 2.41. The van der Waals surface area contributed by atoms with E-state index in [0.717, 1.165) is 91.0 Å². The van der Waals surface area contributed by atoms with Crippen LogP contribution in [0, 0.1) is 15.4 Å². The first-order valence-electron chi connectivity index (χ1n) is 17.4. The summed E-state index contributed by atoms with van der Waals surface area (Å²) in [6.45, 7) is 13.2. The second-order valence-electron chi connectivity index (χ2n) is 13.7. The fourth-order valence-electron chi connectivity index (χ4n) is 7.94. The van der Waals surface area contributed by atoms with Crippen LogP contribution in [-0.4, -0.2) is 41.4 Å². The molecular formula is C41H43IN4O4. The first-order valence-corrected chi connectivity index (χ1v) is 18.5. The second kappa shape index (κ2) is 13.6. The Hall–Kier alpha value is -4.09. The van der Waals surface area contributed by atoms with Gasteiger partial charge < -0.3 is 19.9 Å². The number of hydrogen-bond acceptors (Lipinski definition) is 8. The number of nitrogens with one attached hydrogen (secondary N) is 1. The Balaban J connectivity index is 1.38. The number of ether oxygens (including phenoxy) is 2. The highest BCUT2D eigenvalue weighted by molar-refractivity contribution is 14.1. The topological polar surface area (TPSA) is 105 Å². The van der Waals surface area contributed by atoms with E-state index in [2.05, 4.69) is 105 Å². The standard InChI is InChI=1S/C41H43IN4O4/c1-8-27-20(2)30-18-35-38(24(6)50-19-25-10-9-11-26(42)14-25)22(4)32(44-35)16-31-21(3)28(12-13-37(48)49-7)40(45-31)29-15-36(47)39-23(5)33(46-41(29)39)17-34(27)43-30/h9-11,14,16-18,21,24,28,45,47H,8,12-13,15,19H2,1-7H3/t21-,24?,28?/m0/s1/i42-3. The van der Waals surface area contributed by atoms with Crippen molar-refractivity contribution in [3.8, 4) is 0 Å². The van der Waals surface area contributed by atoms with E-state index in [-0.39, 0.29) is 23.9 Å². The fraction of sp³-hybridized carbons (Fsp3) is 0.366. The third-order valence-corrected chi connectivity index (χ3v) is 11.5. The number of nitrogens with zero attached hydrogens (tertiary/aromatic N) is 3. The Bertz CT molecular complexity index is 2080. The van der Waals surface area contributed by atoms with Crippen molar-refractivity contribution in [2.75, 3.05) is 7.11 Å². The highest BCUT2D eigenvalue weighted by atomic mass is 124. The van der Waals surface area contributed by atoms with Gasteiger partial charge in [0, 0.05) is 56.4 Å². The minimum Gasteiger partial charge on any atom is -0.511 e. The molecule has 3 atom stereocenters. The third-order valence-electron chi connectivity index (χ3n) is 10.8. The second-order valence-corrected chi connectivity index (χ2v) is 15.0. The molecule has 9 heteroatoms. The van der Waals surface area contributed by atoms with Crippen LogP contribution in [0.3, 0.4) is 0 Å². The van der Waals surface area contributed by atoms with Gasteiger partial charge in [0.25, 0.3) is 0 Å². The van der Waals surface area contributed by atoms with Crippen molar-refractivity contribution < 1.29 is 19.4 Å². The molecule has 0 spiro atoms. The number of halogens is 1. The van der Waals surface area contributed by atoms with E-state index in [9.17, 15) is 9.90 Å². The highest BCUT2D eigenvalue weighted by Crippen LogP contribution is 2.46. The van der Waals surface area contributed by atoms with Gasteiger partial charge in [-0.25, -0.2) is 15.0 Å². The van der Waals surface area contributed by atoms with Crippen molar-refractivity contribution in [1.82, 2.24) is 5.32 Å². The van der Waals surface area contributed by atoms with Crippen molar-refractivity contribution in [1.29, 1.82) is 0 Å². The molecule has 1 aliphatic carbocycles. The maximum Gasteiger partial charge on any atom is 0.305 e. The number of hydrogen-bond donors (Lipinski definition) is 2. The Labute approximate surface area is 307 Å². The molecule has 1 aromatic carbocycles. The van der Waals surface area contributed by atoms with E-state index in [1.165, 1.54) is 16.3 Å². The molecule has 0 saturated carbocycles. The van der Waals surface area contributed by atoms with Gasteiger partial charge >= 0.3 is 5.97 Å². The normalized spacial score (nSPS) is 23.3. The number of allylic oxidation sites excluding steroid dienone is 11. The van der Waals surface area contributed by atoms with Gasteiger partial charge in [-0.05, 0) is 121 Å². The summed E-state index contributed by atoms with van der Waals surface area (Å²) < 4.78 is 12.7. The molecule has 8 bridgehead atoms. The summed E-state index contributed by atoms with van der Waals surface area (Å²) in [7, 11) is 1.43. The molecule has 2 N–H and O–H groups in total. The van der Waals surface area contributed by atoms with Crippen LogP contribution in [0.25, 0.3) is 0 Å². The molecule has 1 aromatic rings. The molecule has 50 heavy (non-hydrogen) atoms. The number of rotatable bonds is 8. The van der Waals surface area contributed by atoms with E-state index >= 15 is 0 Å². The van der Waals surface area contributed by atoms with E-state index in [1.807, 2.05) is 6.92 Å². The van der Waals surface area contributed by atoms with Crippen LogP contribution in [-0.2, 0) is 20.9 Å². The van der Waals surface area contributed by atoms with Gasteiger partial charge in [-0.15, -0.1) is 0 Å². The Morgan fingerprint density at radius 3 is 2.56 bits per heavy atom. The molecule has 0 amide bonds. The Morgan fingerprint density at radius 2 is 1.82 bits per heavy atom. The molecule has 2 unspecified atom stereocenters. The Morgan fingerprint density at radius 1 is 1.06 bits per heavy atom. The molecule has 1 fully saturated rings. The molecule has 7 rings (SSSR count). The summed E-state index contributed by atoms with van der Waals surface area (Å²) in [5.41, 5.74) is 15.3. The Kier molecular flexibility index (Phi) is 9.32. The van der Waals surface area contributed by atoms with Crippen molar-refractivity contribution in [3.63, 3.8) is 0 Å². The minimum absolute atomic E-state index is 0.000800. The number of carbonyl (C=O) groups excluding carboxylic acids is 1. The average Bonchev–Trinajstić information content (AvgIpc) is 3.85. The zero-order chi connectivity index (χ0) is 35.4. The van der Waals surface area contributed by atoms with E-state index in [0.29, 0.717) is 31.6 Å². The first-order chi connectivity index (χ1) is 24.0. The predicted molar refractivity (Wildman–Crippen MR) is 207 cm³/mol. The molecular weight excluding hydrogens is 736 g/mol. The minimum atomic E-state index is -0.237. The van der Waals surface area contributed by atoms with E-state index in [4.69, 9.17) is 24.5 Å². The SMILES string of the molecule is CCC1=C(C)C2=NC1=CC1=C(C)C3=C(O)CC(=C4NC(=CC5=NC(=C2)C(C(C)OCc2cccc([124I])c2)=C5C)[C@@H](C)C4CCC(=O)OC)C3=N1. The van der Waals surface area contributed by atoms with Crippen molar-refractivity contribution in [2.45, 2.75) is 79.9 Å². The quantitative estimate of drug-likeness (QED) is 0.203. The van der Waals surface area contributed by atoms with Crippen LogP contribution in [0.1, 0.15) is 72.8 Å². The van der Waals surface area contributed by atoms with E-state index < -0.39 is 0 Å². The summed E-state index contributed by atoms with van der Waals surface area (Å²) in [4.78, 5) is 27.9. The number of aliphatic hydroxyl groups is 1. The molecule has 1 saturated heterocycles. The summed E-state index contributed by atoms with van der Waals surface area (Å²) in [6.07, 6.45) is 8.19. The van der Waals surface area contributed by atoms with Gasteiger partial charge in [-0.3, -0.25) is 4.79 Å². The van der Waals surface area contributed by atoms with Gasteiger partial charge in [0.1, 0.15) is 5.76 Å². The molecule has 5 aliphatic heterocycles. The monoisotopic (exact) mass is 779 g/mol. The van der Waals surface area contributed by atoms with Crippen molar-refractivity contribution >= 4 is 45.7 Å². The number of carbonyl (C=O) groups is 1. The number of esters is 1. The molecule has 0 radical (unpaired) electrons. The fourth-order valence-corrected chi connectivity index (χ4v) is 8.55. The summed E-state index contributed by atoms with van der Waals surface area (Å²) in [5.74, 6) is 0.143. The van der Waals surface area contributed by atoms with Crippen molar-refractivity contribution in [3.05, 3.63) is 125 Å². The maximum absolute atomic E-state index is 12.4. The molecule has 0 aromatic heterocycles.